The van der Waals surface area contributed by atoms with Gasteiger partial charge in [-0.2, -0.15) is 0 Å². The Morgan fingerprint density at radius 2 is 1.19 bits per heavy atom. The van der Waals surface area contributed by atoms with Crippen LogP contribution in [0.25, 0.3) is 0 Å². The summed E-state index contributed by atoms with van der Waals surface area (Å²) in [5, 5.41) is 92.0. The zero-order valence-corrected chi connectivity index (χ0v) is 16.5. The fourth-order valence-electron chi connectivity index (χ4n) is 3.95. The van der Waals surface area contributed by atoms with Crippen LogP contribution in [0.1, 0.15) is 0 Å². The number of hydrogen-bond donors (Lipinski definition) is 10. The van der Waals surface area contributed by atoms with Crippen LogP contribution in [0.3, 0.4) is 0 Å². The van der Waals surface area contributed by atoms with Gasteiger partial charge in [-0.3, -0.25) is 0 Å². The van der Waals surface area contributed by atoms with Crippen LogP contribution in [0.5, 0.6) is 0 Å². The summed E-state index contributed by atoms with van der Waals surface area (Å²) in [4.78, 5) is 0. The number of ether oxygens (including phenoxy) is 4. The quantitative estimate of drug-likeness (QED) is 0.171. The van der Waals surface area contributed by atoms with Crippen molar-refractivity contribution in [2.45, 2.75) is 79.7 Å². The highest BCUT2D eigenvalue weighted by atomic mass is 16.7. The van der Waals surface area contributed by atoms with Crippen LogP contribution < -0.4 is 5.32 Å². The summed E-state index contributed by atoms with van der Waals surface area (Å²) < 4.78 is 21.7. The maximum absolute atomic E-state index is 10.6. The molecule has 0 spiro atoms. The monoisotopic (exact) mass is 457 g/mol. The first-order valence-electron chi connectivity index (χ1n) is 9.99. The molecule has 3 saturated heterocycles. The van der Waals surface area contributed by atoms with Crippen molar-refractivity contribution in [2.24, 2.45) is 0 Å². The van der Waals surface area contributed by atoms with Crippen molar-refractivity contribution in [3.63, 3.8) is 0 Å². The van der Waals surface area contributed by atoms with Gasteiger partial charge in [-0.1, -0.05) is 0 Å². The van der Waals surface area contributed by atoms with E-state index in [1.54, 1.807) is 0 Å². The van der Waals surface area contributed by atoms with Gasteiger partial charge in [0.25, 0.3) is 0 Å². The van der Waals surface area contributed by atoms with Crippen LogP contribution in [0, 0.1) is 0 Å². The van der Waals surface area contributed by atoms with Gasteiger partial charge in [0.15, 0.2) is 12.6 Å². The van der Waals surface area contributed by atoms with E-state index in [0.29, 0.717) is 0 Å². The predicted octanol–water partition coefficient (Wildman–Crippen LogP) is -6.68. The van der Waals surface area contributed by atoms with E-state index in [0.717, 1.165) is 0 Å². The van der Waals surface area contributed by atoms with Gasteiger partial charge in [-0.15, -0.1) is 0 Å². The molecule has 0 bridgehead atoms. The Morgan fingerprint density at radius 3 is 1.77 bits per heavy atom. The van der Waals surface area contributed by atoms with E-state index in [-0.39, 0.29) is 13.2 Å². The molecular weight excluding hydrogens is 426 g/mol. The van der Waals surface area contributed by atoms with Crippen LogP contribution in [0.4, 0.5) is 0 Å². The molecule has 0 radical (unpaired) electrons. The van der Waals surface area contributed by atoms with E-state index in [9.17, 15) is 46.0 Å². The number of nitrogens with one attached hydrogen (secondary N) is 1. The first-order chi connectivity index (χ1) is 14.7. The average Bonchev–Trinajstić information content (AvgIpc) is 3.12. The molecule has 3 heterocycles. The van der Waals surface area contributed by atoms with Gasteiger partial charge in [-0.25, -0.2) is 0 Å². The number of aliphatic hydroxyl groups is 9. The van der Waals surface area contributed by atoms with Crippen molar-refractivity contribution in [3.8, 4) is 0 Å². The fourth-order valence-corrected chi connectivity index (χ4v) is 3.95. The number of aliphatic hydroxyl groups excluding tert-OH is 9. The minimum Gasteiger partial charge on any atom is -0.395 e. The molecule has 3 rings (SSSR count). The van der Waals surface area contributed by atoms with Gasteiger partial charge >= 0.3 is 0 Å². The number of hydrogen-bond acceptors (Lipinski definition) is 14. The molecule has 3 aliphatic heterocycles. The Balaban J connectivity index is 1.69. The normalized spacial score (nSPS) is 51.2. The molecule has 0 aromatic rings. The molecule has 14 heteroatoms. The smallest absolute Gasteiger partial charge is 0.187 e. The zero-order chi connectivity index (χ0) is 22.9. The van der Waals surface area contributed by atoms with E-state index >= 15 is 0 Å². The molecule has 31 heavy (non-hydrogen) atoms. The van der Waals surface area contributed by atoms with Gasteiger partial charge in [0.2, 0.25) is 0 Å². The van der Waals surface area contributed by atoms with Gasteiger partial charge in [0, 0.05) is 6.54 Å². The summed E-state index contributed by atoms with van der Waals surface area (Å²) in [7, 11) is 0. The number of rotatable bonds is 7. The number of β-amino-alcohol motifs (C(OH)–C–C–N with tert-alkyl or cyclic N) is 1. The van der Waals surface area contributed by atoms with E-state index < -0.39 is 92.9 Å². The van der Waals surface area contributed by atoms with Crippen molar-refractivity contribution in [3.05, 3.63) is 0 Å². The second kappa shape index (κ2) is 10.6. The molecular formula is C17H31NO13. The molecule has 0 saturated carbocycles. The molecule has 10 N–H and O–H groups in total. The maximum atomic E-state index is 10.6. The lowest BCUT2D eigenvalue weighted by Gasteiger charge is -2.46. The summed E-state index contributed by atoms with van der Waals surface area (Å²) in [6, 6.07) is -0.640. The molecule has 182 valence electrons. The van der Waals surface area contributed by atoms with E-state index in [2.05, 4.69) is 5.32 Å². The Labute approximate surface area is 177 Å². The SMILES string of the molecule is OC[C@@H]1NC[C@H](O)[C@@H]1O[C@H]1O[C@H](CO)[C@@H](O[C@@H]2O[C@H](CO)[C@@H](O)[C@H](O)[C@H]2O)[C@H](O)[C@H]1O. The summed E-state index contributed by atoms with van der Waals surface area (Å²) in [6.07, 6.45) is -17.6. The summed E-state index contributed by atoms with van der Waals surface area (Å²) in [5.41, 5.74) is 0. The predicted molar refractivity (Wildman–Crippen MR) is 96.2 cm³/mol. The molecule has 0 unspecified atom stereocenters. The van der Waals surface area contributed by atoms with Gasteiger partial charge in [0.05, 0.1) is 32.0 Å². The third kappa shape index (κ3) is 5.02. The first-order valence-corrected chi connectivity index (χ1v) is 9.99. The van der Waals surface area contributed by atoms with E-state index in [4.69, 9.17) is 18.9 Å². The minimum atomic E-state index is -1.76. The summed E-state index contributed by atoms with van der Waals surface area (Å²) in [6.45, 7) is -1.63. The summed E-state index contributed by atoms with van der Waals surface area (Å²) in [5.74, 6) is 0. The molecule has 3 aliphatic rings. The van der Waals surface area contributed by atoms with Crippen molar-refractivity contribution in [2.75, 3.05) is 26.4 Å². The molecule has 13 atom stereocenters. The molecule has 0 amide bonds. The first kappa shape index (κ1) is 25.1. The van der Waals surface area contributed by atoms with Gasteiger partial charge < -0.3 is 70.2 Å². The topological polar surface area (TPSA) is 231 Å². The lowest BCUT2D eigenvalue weighted by Crippen LogP contribution is -2.65. The average molecular weight is 457 g/mol. The van der Waals surface area contributed by atoms with Gasteiger partial charge in [0.1, 0.15) is 54.9 Å². The highest BCUT2D eigenvalue weighted by molar-refractivity contribution is 4.96. The fraction of sp³-hybridized carbons (Fsp3) is 1.00. The van der Waals surface area contributed by atoms with Crippen LogP contribution in [0.2, 0.25) is 0 Å². The zero-order valence-electron chi connectivity index (χ0n) is 16.5. The summed E-state index contributed by atoms with van der Waals surface area (Å²) >= 11 is 0. The molecule has 14 nitrogen and oxygen atoms in total. The Kier molecular flexibility index (Phi) is 8.56. The third-order valence-electron chi connectivity index (χ3n) is 5.81. The van der Waals surface area contributed by atoms with Crippen molar-refractivity contribution in [1.82, 2.24) is 5.32 Å². The standard InChI is InChI=1S/C17H31NO13/c19-2-5-14(6(22)1-18-5)30-17-13(27)11(25)15(8(4-21)29-17)31-16-12(26)10(24)9(23)7(3-20)28-16/h5-27H,1-4H2/t5-,6-,7+,8+,9+,10-,11+,12+,13+,14+,15+,16-,17+/m0/s1. The van der Waals surface area contributed by atoms with Crippen molar-refractivity contribution in [1.29, 1.82) is 0 Å². The van der Waals surface area contributed by atoms with Crippen molar-refractivity contribution < 1.29 is 64.9 Å². The second-order valence-electron chi connectivity index (χ2n) is 7.87. The van der Waals surface area contributed by atoms with Crippen LogP contribution in [-0.4, -0.2) is 152 Å². The molecule has 3 fully saturated rings. The highest BCUT2D eigenvalue weighted by Gasteiger charge is 2.52. The third-order valence-corrected chi connectivity index (χ3v) is 5.81. The molecule has 0 aromatic carbocycles. The molecule has 0 aromatic heterocycles. The Bertz CT molecular complexity index is 568. The van der Waals surface area contributed by atoms with E-state index in [1.165, 1.54) is 0 Å². The largest absolute Gasteiger partial charge is 0.395 e. The minimum absolute atomic E-state index is 0.132. The lowest BCUT2D eigenvalue weighted by molar-refractivity contribution is -0.364. The van der Waals surface area contributed by atoms with Crippen LogP contribution in [0.15, 0.2) is 0 Å². The van der Waals surface area contributed by atoms with Crippen LogP contribution in [-0.2, 0) is 18.9 Å². The maximum Gasteiger partial charge on any atom is 0.187 e. The second-order valence-corrected chi connectivity index (χ2v) is 7.87. The van der Waals surface area contributed by atoms with Crippen LogP contribution >= 0.6 is 0 Å². The van der Waals surface area contributed by atoms with Crippen molar-refractivity contribution >= 4 is 0 Å². The molecule has 0 aliphatic carbocycles. The van der Waals surface area contributed by atoms with Gasteiger partial charge in [-0.05, 0) is 0 Å². The highest BCUT2D eigenvalue weighted by Crippen LogP contribution is 2.30. The lowest BCUT2D eigenvalue weighted by atomic mass is 9.97. The Morgan fingerprint density at radius 1 is 0.645 bits per heavy atom. The van der Waals surface area contributed by atoms with E-state index in [1.807, 2.05) is 0 Å². The Hall–Kier alpha value is -0.560.